The van der Waals surface area contributed by atoms with Crippen molar-refractivity contribution in [2.24, 2.45) is 23.7 Å². The van der Waals surface area contributed by atoms with E-state index in [1.807, 2.05) is 6.92 Å². The Morgan fingerprint density at radius 3 is 2.05 bits per heavy atom. The van der Waals surface area contributed by atoms with E-state index in [9.17, 15) is 19.2 Å². The molecule has 5 aliphatic heterocycles. The molecular formula is C28H40O14. The number of hydrogen-bond acceptors (Lipinski definition) is 14. The maximum atomic E-state index is 12.8. The Balaban J connectivity index is 1.49. The summed E-state index contributed by atoms with van der Waals surface area (Å²) < 4.78 is 46.3. The Labute approximate surface area is 243 Å². The third kappa shape index (κ3) is 5.41. The number of methoxy groups -OCH3 is 1. The third-order valence-electron chi connectivity index (χ3n) is 9.20. The van der Waals surface area contributed by atoms with Crippen molar-refractivity contribution in [3.05, 3.63) is 0 Å². The third-order valence-corrected chi connectivity index (χ3v) is 9.20. The maximum absolute atomic E-state index is 12.8. The van der Waals surface area contributed by atoms with Crippen LogP contribution in [0.4, 0.5) is 0 Å². The highest BCUT2D eigenvalue weighted by molar-refractivity contribution is 5.77. The van der Waals surface area contributed by atoms with E-state index in [-0.39, 0.29) is 17.8 Å². The van der Waals surface area contributed by atoms with Crippen LogP contribution in [-0.2, 0) is 66.8 Å². The van der Waals surface area contributed by atoms with Gasteiger partial charge in [0.25, 0.3) is 0 Å². The zero-order valence-electron chi connectivity index (χ0n) is 24.9. The van der Waals surface area contributed by atoms with Gasteiger partial charge in [-0.2, -0.15) is 0 Å². The van der Waals surface area contributed by atoms with Gasteiger partial charge in [0.2, 0.25) is 12.1 Å². The van der Waals surface area contributed by atoms with Crippen LogP contribution in [0, 0.1) is 23.7 Å². The van der Waals surface area contributed by atoms with Crippen molar-refractivity contribution in [3.8, 4) is 0 Å². The second-order valence-electron chi connectivity index (χ2n) is 12.1. The minimum absolute atomic E-state index is 0.102. The largest absolute Gasteiger partial charge is 0.467 e. The van der Waals surface area contributed by atoms with Gasteiger partial charge >= 0.3 is 23.9 Å². The Bertz CT molecular complexity index is 1080. The van der Waals surface area contributed by atoms with Gasteiger partial charge in [0, 0.05) is 39.0 Å². The predicted molar refractivity (Wildman–Crippen MR) is 135 cm³/mol. The Hall–Kier alpha value is -2.36. The van der Waals surface area contributed by atoms with Crippen molar-refractivity contribution < 1.29 is 66.8 Å². The highest BCUT2D eigenvalue weighted by Crippen LogP contribution is 2.60. The van der Waals surface area contributed by atoms with E-state index < -0.39 is 78.6 Å². The van der Waals surface area contributed by atoms with Crippen molar-refractivity contribution in [3.63, 3.8) is 0 Å². The van der Waals surface area contributed by atoms with Crippen LogP contribution in [0.15, 0.2) is 0 Å². The number of hydrogen-bond donors (Lipinski definition) is 0. The number of carbonyl (C=O) groups is 4. The fraction of sp³-hybridized carbons (Fsp3) is 0.857. The van der Waals surface area contributed by atoms with Crippen molar-refractivity contribution in [2.75, 3.05) is 7.11 Å². The molecule has 1 saturated carbocycles. The van der Waals surface area contributed by atoms with Gasteiger partial charge < -0.3 is 37.9 Å². The molecule has 14 nitrogen and oxygen atoms in total. The van der Waals surface area contributed by atoms with Crippen LogP contribution in [0.3, 0.4) is 0 Å². The lowest BCUT2D eigenvalue weighted by Crippen LogP contribution is -2.71. The van der Waals surface area contributed by atoms with Crippen molar-refractivity contribution in [1.29, 1.82) is 0 Å². The molecule has 5 heterocycles. The van der Waals surface area contributed by atoms with Crippen LogP contribution in [0.5, 0.6) is 0 Å². The summed E-state index contributed by atoms with van der Waals surface area (Å²) in [5.74, 6) is -4.19. The zero-order valence-corrected chi connectivity index (χ0v) is 24.9. The molecule has 0 aromatic carbocycles. The van der Waals surface area contributed by atoms with Gasteiger partial charge in [0.15, 0.2) is 42.6 Å². The maximum Gasteiger partial charge on any atom is 0.339 e. The molecule has 13 atom stereocenters. The van der Waals surface area contributed by atoms with E-state index in [0.717, 1.165) is 47.1 Å². The predicted octanol–water partition coefficient (Wildman–Crippen LogP) is 1.90. The van der Waals surface area contributed by atoms with E-state index >= 15 is 0 Å². The summed E-state index contributed by atoms with van der Waals surface area (Å²) in [5, 5.41) is 0. The molecule has 0 radical (unpaired) electrons. The summed E-state index contributed by atoms with van der Waals surface area (Å²) >= 11 is 0. The number of esters is 4. The molecule has 1 aliphatic carbocycles. The van der Waals surface area contributed by atoms with Crippen LogP contribution < -0.4 is 0 Å². The summed E-state index contributed by atoms with van der Waals surface area (Å²) in [4.78, 5) is 61.2. The lowest BCUT2D eigenvalue weighted by Gasteiger charge is -2.60. The molecule has 0 aromatic heterocycles. The number of carbonyl (C=O) groups excluding carboxylic acids is 4. The molecule has 0 N–H and O–H groups in total. The first-order chi connectivity index (χ1) is 19.8. The van der Waals surface area contributed by atoms with Gasteiger partial charge in [-0.15, -0.1) is 0 Å². The minimum Gasteiger partial charge on any atom is -0.467 e. The van der Waals surface area contributed by atoms with Gasteiger partial charge in [-0.3, -0.25) is 14.4 Å². The van der Waals surface area contributed by atoms with Crippen LogP contribution in [0.2, 0.25) is 0 Å². The standard InChI is InChI=1S/C28H40O14/c1-12-8-9-18-13(2)24(39-26-28(18)17(12)10-11-27(6,40-26)41-42-28)38-25-22(36-16(5)31)20(35-15(4)30)19(34-14(3)29)21(37-25)23(32)33-7/h12-13,17-22,24-26H,8-11H2,1-7H3/t12-,13-,17+,18+,19+,20+,21+,22-,24+,25+,26-,27+,28-/m1/s1. The Kier molecular flexibility index (Phi) is 8.60. The molecule has 236 valence electrons. The molecule has 14 heteroatoms. The lowest BCUT2D eigenvalue weighted by molar-refractivity contribution is -0.579. The lowest BCUT2D eigenvalue weighted by atomic mass is 9.58. The van der Waals surface area contributed by atoms with Gasteiger partial charge in [0.05, 0.1) is 7.11 Å². The first-order valence-electron chi connectivity index (χ1n) is 14.4. The number of rotatable bonds is 6. The molecule has 6 fully saturated rings. The molecule has 0 unspecified atom stereocenters. The van der Waals surface area contributed by atoms with E-state index in [1.54, 1.807) is 6.92 Å². The molecular weight excluding hydrogens is 560 g/mol. The second kappa shape index (κ2) is 11.6. The number of ether oxygens (including phenoxy) is 8. The van der Waals surface area contributed by atoms with Gasteiger partial charge in [-0.25, -0.2) is 14.6 Å². The summed E-state index contributed by atoms with van der Waals surface area (Å²) in [5.41, 5.74) is -0.856. The van der Waals surface area contributed by atoms with Crippen LogP contribution in [-0.4, -0.2) is 85.7 Å². The van der Waals surface area contributed by atoms with Gasteiger partial charge in [0.1, 0.15) is 0 Å². The molecule has 6 aliphatic rings. The minimum atomic E-state index is -1.58. The van der Waals surface area contributed by atoms with Crippen molar-refractivity contribution in [2.45, 2.75) is 122 Å². The van der Waals surface area contributed by atoms with Gasteiger partial charge in [-0.1, -0.05) is 13.8 Å². The quantitative estimate of drug-likeness (QED) is 0.247. The molecule has 0 aromatic rings. The van der Waals surface area contributed by atoms with Crippen LogP contribution >= 0.6 is 0 Å². The smallest absolute Gasteiger partial charge is 0.339 e. The Morgan fingerprint density at radius 2 is 1.40 bits per heavy atom. The van der Waals surface area contributed by atoms with E-state index in [1.165, 1.54) is 0 Å². The molecule has 0 amide bonds. The summed E-state index contributed by atoms with van der Waals surface area (Å²) in [6, 6.07) is 0. The summed E-state index contributed by atoms with van der Waals surface area (Å²) in [6.07, 6.45) is -6.10. The summed E-state index contributed by atoms with van der Waals surface area (Å²) in [6.45, 7) is 9.33. The highest BCUT2D eigenvalue weighted by Gasteiger charge is 2.70. The molecule has 42 heavy (non-hydrogen) atoms. The average molecular weight is 601 g/mol. The van der Waals surface area contributed by atoms with E-state index in [2.05, 4.69) is 6.92 Å². The normalized spacial score (nSPS) is 46.0. The van der Waals surface area contributed by atoms with E-state index in [4.69, 9.17) is 47.7 Å². The summed E-state index contributed by atoms with van der Waals surface area (Å²) in [7, 11) is 1.12. The highest BCUT2D eigenvalue weighted by atomic mass is 17.3. The van der Waals surface area contributed by atoms with Gasteiger partial charge in [-0.05, 0) is 38.0 Å². The first-order valence-corrected chi connectivity index (χ1v) is 14.4. The monoisotopic (exact) mass is 600 g/mol. The van der Waals surface area contributed by atoms with Crippen LogP contribution in [0.1, 0.15) is 67.2 Å². The SMILES string of the molecule is COC(=O)[C@H]1O[C@@H](O[C@H]2O[C@@H]3O[C@]4(C)CC[C@H]5[C@H](C)CC[C@@H]([C@H]2C)[C@@]35OO4)[C@H](OC(C)=O)[C@@H](OC(C)=O)[C@@H]1OC(C)=O. The van der Waals surface area contributed by atoms with Crippen LogP contribution in [0.25, 0.3) is 0 Å². The zero-order chi connectivity index (χ0) is 30.6. The fourth-order valence-corrected chi connectivity index (χ4v) is 7.35. The molecule has 1 spiro atoms. The van der Waals surface area contributed by atoms with Crippen molar-refractivity contribution >= 4 is 23.9 Å². The molecule has 5 saturated heterocycles. The topological polar surface area (TPSA) is 161 Å². The first kappa shape index (κ1) is 31.1. The van der Waals surface area contributed by atoms with Crippen molar-refractivity contribution in [1.82, 2.24) is 0 Å². The number of fused-ring (bicyclic) bond motifs is 2. The van der Waals surface area contributed by atoms with E-state index in [0.29, 0.717) is 12.3 Å². The Morgan fingerprint density at radius 1 is 0.762 bits per heavy atom. The second-order valence-corrected chi connectivity index (χ2v) is 12.1. The fourth-order valence-electron chi connectivity index (χ4n) is 7.35. The average Bonchev–Trinajstić information content (AvgIpc) is 3.14. The molecule has 6 rings (SSSR count). The molecule has 2 bridgehead atoms.